The smallest absolute Gasteiger partial charge is 0.255 e. The number of carbonyl (C=O) groups is 1. The van der Waals surface area contributed by atoms with E-state index in [2.05, 4.69) is 10.4 Å². The SMILES string of the molecule is Cc1ccccc1CN(C)C(=O)c1cnc(NN)c(Cl)c1. The topological polar surface area (TPSA) is 71.2 Å². The molecule has 1 amide bonds. The Hall–Kier alpha value is -2.11. The predicted octanol–water partition coefficient (Wildman–Crippen LogP) is 2.60. The van der Waals surface area contributed by atoms with Crippen LogP contribution in [0.3, 0.4) is 0 Å². The summed E-state index contributed by atoms with van der Waals surface area (Å²) in [4.78, 5) is 18.0. The van der Waals surface area contributed by atoms with Crippen LogP contribution in [0.5, 0.6) is 0 Å². The van der Waals surface area contributed by atoms with E-state index in [0.717, 1.165) is 11.1 Å². The van der Waals surface area contributed by atoms with Crippen molar-refractivity contribution in [1.82, 2.24) is 9.88 Å². The number of nitrogens with two attached hydrogens (primary N) is 1. The van der Waals surface area contributed by atoms with Gasteiger partial charge in [-0.3, -0.25) is 4.79 Å². The van der Waals surface area contributed by atoms with Crippen molar-refractivity contribution in [3.63, 3.8) is 0 Å². The minimum Gasteiger partial charge on any atom is -0.337 e. The van der Waals surface area contributed by atoms with Gasteiger partial charge in [0.05, 0.1) is 10.6 Å². The van der Waals surface area contributed by atoms with Crippen molar-refractivity contribution in [2.45, 2.75) is 13.5 Å². The molecular weight excluding hydrogens is 288 g/mol. The van der Waals surface area contributed by atoms with Gasteiger partial charge in [-0.15, -0.1) is 0 Å². The fourth-order valence-electron chi connectivity index (χ4n) is 2.00. The highest BCUT2D eigenvalue weighted by molar-refractivity contribution is 6.33. The van der Waals surface area contributed by atoms with Crippen molar-refractivity contribution in [3.05, 3.63) is 58.2 Å². The lowest BCUT2D eigenvalue weighted by Gasteiger charge is -2.18. The molecule has 3 N–H and O–H groups in total. The van der Waals surface area contributed by atoms with Crippen LogP contribution in [0.25, 0.3) is 0 Å². The largest absolute Gasteiger partial charge is 0.337 e. The van der Waals surface area contributed by atoms with Crippen LogP contribution >= 0.6 is 11.6 Å². The highest BCUT2D eigenvalue weighted by Gasteiger charge is 2.15. The summed E-state index contributed by atoms with van der Waals surface area (Å²) in [6, 6.07) is 9.52. The normalized spacial score (nSPS) is 10.3. The van der Waals surface area contributed by atoms with Crippen molar-refractivity contribution in [2.75, 3.05) is 12.5 Å². The van der Waals surface area contributed by atoms with Gasteiger partial charge < -0.3 is 10.3 Å². The zero-order valence-electron chi connectivity index (χ0n) is 11.9. The summed E-state index contributed by atoms with van der Waals surface area (Å²) in [5.41, 5.74) is 5.05. The number of nitrogens with zero attached hydrogens (tertiary/aromatic N) is 2. The van der Waals surface area contributed by atoms with Gasteiger partial charge in [-0.05, 0) is 24.1 Å². The van der Waals surface area contributed by atoms with E-state index in [1.165, 1.54) is 6.20 Å². The first kappa shape index (κ1) is 15.3. The van der Waals surface area contributed by atoms with Crippen molar-refractivity contribution >= 4 is 23.3 Å². The van der Waals surface area contributed by atoms with Crippen molar-refractivity contribution in [3.8, 4) is 0 Å². The van der Waals surface area contributed by atoms with Crippen LogP contribution in [-0.4, -0.2) is 22.8 Å². The first-order chi connectivity index (χ1) is 10.0. The Morgan fingerprint density at radius 1 is 1.43 bits per heavy atom. The number of nitrogens with one attached hydrogen (secondary N) is 1. The maximum atomic E-state index is 12.4. The molecule has 0 saturated heterocycles. The molecule has 2 aromatic rings. The molecule has 0 atom stereocenters. The van der Waals surface area contributed by atoms with Gasteiger partial charge in [-0.25, -0.2) is 10.8 Å². The van der Waals surface area contributed by atoms with Crippen molar-refractivity contribution in [2.24, 2.45) is 5.84 Å². The molecule has 0 radical (unpaired) electrons. The number of nitrogen functional groups attached to an aromatic ring is 1. The maximum Gasteiger partial charge on any atom is 0.255 e. The van der Waals surface area contributed by atoms with E-state index in [1.54, 1.807) is 18.0 Å². The summed E-state index contributed by atoms with van der Waals surface area (Å²) in [5.74, 6) is 5.46. The summed E-state index contributed by atoms with van der Waals surface area (Å²) in [6.45, 7) is 2.55. The Kier molecular flexibility index (Phi) is 4.77. The maximum absolute atomic E-state index is 12.4. The van der Waals surface area contributed by atoms with Crippen molar-refractivity contribution < 1.29 is 4.79 Å². The van der Waals surface area contributed by atoms with E-state index >= 15 is 0 Å². The molecule has 1 heterocycles. The molecule has 0 saturated carbocycles. The molecule has 6 heteroatoms. The molecule has 21 heavy (non-hydrogen) atoms. The van der Waals surface area contributed by atoms with E-state index < -0.39 is 0 Å². The van der Waals surface area contributed by atoms with Crippen LogP contribution in [0.2, 0.25) is 5.02 Å². The summed E-state index contributed by atoms with van der Waals surface area (Å²) in [6.07, 6.45) is 1.46. The third-order valence-electron chi connectivity index (χ3n) is 3.24. The number of hydrogen-bond donors (Lipinski definition) is 2. The number of pyridine rings is 1. The number of anilines is 1. The Morgan fingerprint density at radius 3 is 2.76 bits per heavy atom. The Labute approximate surface area is 128 Å². The number of hydrazine groups is 1. The van der Waals surface area contributed by atoms with Gasteiger partial charge in [0, 0.05) is 19.8 Å². The second-order valence-corrected chi connectivity index (χ2v) is 5.19. The molecule has 2 rings (SSSR count). The van der Waals surface area contributed by atoms with E-state index in [-0.39, 0.29) is 5.91 Å². The van der Waals surface area contributed by atoms with Crippen LogP contribution in [0.15, 0.2) is 36.5 Å². The van der Waals surface area contributed by atoms with Crippen LogP contribution < -0.4 is 11.3 Å². The molecular formula is C15H17ClN4O. The van der Waals surface area contributed by atoms with E-state index in [1.807, 2.05) is 31.2 Å². The first-order valence-corrected chi connectivity index (χ1v) is 6.83. The minimum atomic E-state index is -0.142. The van der Waals surface area contributed by atoms with Crippen LogP contribution in [0.1, 0.15) is 21.5 Å². The summed E-state index contributed by atoms with van der Waals surface area (Å²) < 4.78 is 0. The second-order valence-electron chi connectivity index (χ2n) is 4.79. The van der Waals surface area contributed by atoms with Gasteiger partial charge in [-0.2, -0.15) is 0 Å². The molecule has 0 fully saturated rings. The fourth-order valence-corrected chi connectivity index (χ4v) is 2.22. The fraction of sp³-hybridized carbons (Fsp3) is 0.200. The second kappa shape index (κ2) is 6.56. The molecule has 0 aliphatic rings. The molecule has 0 unspecified atom stereocenters. The van der Waals surface area contributed by atoms with Gasteiger partial charge in [0.25, 0.3) is 5.91 Å². The Bertz CT molecular complexity index is 660. The molecule has 1 aromatic heterocycles. The molecule has 0 aliphatic heterocycles. The monoisotopic (exact) mass is 304 g/mol. The van der Waals surface area contributed by atoms with Gasteiger partial charge in [0.2, 0.25) is 0 Å². The van der Waals surface area contributed by atoms with Gasteiger partial charge >= 0.3 is 0 Å². The van der Waals surface area contributed by atoms with E-state index in [4.69, 9.17) is 17.4 Å². The minimum absolute atomic E-state index is 0.142. The van der Waals surface area contributed by atoms with Gasteiger partial charge in [0.1, 0.15) is 0 Å². The molecule has 5 nitrogen and oxygen atoms in total. The summed E-state index contributed by atoms with van der Waals surface area (Å²) in [7, 11) is 1.75. The number of hydrogen-bond acceptors (Lipinski definition) is 4. The zero-order chi connectivity index (χ0) is 15.4. The highest BCUT2D eigenvalue weighted by atomic mass is 35.5. The Morgan fingerprint density at radius 2 is 2.14 bits per heavy atom. The predicted molar refractivity (Wildman–Crippen MR) is 84.0 cm³/mol. The number of benzene rings is 1. The van der Waals surface area contributed by atoms with Crippen LogP contribution in [0.4, 0.5) is 5.82 Å². The van der Waals surface area contributed by atoms with Crippen LogP contribution in [0, 0.1) is 6.92 Å². The number of rotatable bonds is 4. The van der Waals surface area contributed by atoms with E-state index in [0.29, 0.717) is 22.9 Å². The van der Waals surface area contributed by atoms with Crippen LogP contribution in [-0.2, 0) is 6.54 Å². The third kappa shape index (κ3) is 3.51. The molecule has 110 valence electrons. The lowest BCUT2D eigenvalue weighted by Crippen LogP contribution is -2.26. The number of aromatic nitrogens is 1. The van der Waals surface area contributed by atoms with Gasteiger partial charge in [-0.1, -0.05) is 35.9 Å². The lowest BCUT2D eigenvalue weighted by molar-refractivity contribution is 0.0784. The molecule has 1 aromatic carbocycles. The molecule has 0 spiro atoms. The lowest BCUT2D eigenvalue weighted by atomic mass is 10.1. The number of amides is 1. The standard InChI is InChI=1S/C15H17ClN4O/c1-10-5-3-4-6-11(10)9-20(2)15(21)12-7-13(16)14(19-17)18-8-12/h3-8H,9,17H2,1-2H3,(H,18,19). The molecule has 0 aliphatic carbocycles. The summed E-state index contributed by atoms with van der Waals surface area (Å²) >= 11 is 5.99. The number of halogens is 1. The Balaban J connectivity index is 2.16. The number of aryl methyl sites for hydroxylation is 1. The average molecular weight is 305 g/mol. The average Bonchev–Trinajstić information content (AvgIpc) is 2.48. The van der Waals surface area contributed by atoms with E-state index in [9.17, 15) is 4.79 Å². The van der Waals surface area contributed by atoms with Gasteiger partial charge in [0.15, 0.2) is 5.82 Å². The first-order valence-electron chi connectivity index (χ1n) is 6.45. The molecule has 0 bridgehead atoms. The zero-order valence-corrected chi connectivity index (χ0v) is 12.7. The number of carbonyl (C=O) groups excluding carboxylic acids is 1. The summed E-state index contributed by atoms with van der Waals surface area (Å²) in [5, 5.41) is 0.313. The quantitative estimate of drug-likeness (QED) is 0.673. The third-order valence-corrected chi connectivity index (χ3v) is 3.53. The highest BCUT2D eigenvalue weighted by Crippen LogP contribution is 2.20. The van der Waals surface area contributed by atoms with Crippen molar-refractivity contribution in [1.29, 1.82) is 0 Å².